The summed E-state index contributed by atoms with van der Waals surface area (Å²) in [5.41, 5.74) is 0.771. The van der Waals surface area contributed by atoms with Crippen LogP contribution in [0.15, 0.2) is 42.5 Å². The molecule has 0 saturated carbocycles. The molecule has 0 aromatic heterocycles. The fourth-order valence-corrected chi connectivity index (χ4v) is 1.84. The molecule has 0 aliphatic carbocycles. The number of amides is 1. The Bertz CT molecular complexity index is 665. The van der Waals surface area contributed by atoms with Gasteiger partial charge >= 0.3 is 0 Å². The second kappa shape index (κ2) is 5.40. The number of hydrogen-bond acceptors (Lipinski definition) is 4. The highest BCUT2D eigenvalue weighted by atomic mass is 16.6. The lowest BCUT2D eigenvalue weighted by molar-refractivity contribution is -0.385. The highest BCUT2D eigenvalue weighted by molar-refractivity contribution is 6.08. The fourth-order valence-electron chi connectivity index (χ4n) is 1.84. The molecule has 0 saturated heterocycles. The number of rotatable bonds is 3. The van der Waals surface area contributed by atoms with Gasteiger partial charge in [0.15, 0.2) is 0 Å². The molecule has 1 amide bonds. The first kappa shape index (κ1) is 13.5. The van der Waals surface area contributed by atoms with Crippen molar-refractivity contribution in [3.8, 4) is 5.75 Å². The van der Waals surface area contributed by atoms with Crippen molar-refractivity contribution < 1.29 is 14.8 Å². The largest absolute Gasteiger partial charge is 0.508 e. The monoisotopic (exact) mass is 272 g/mol. The zero-order valence-corrected chi connectivity index (χ0v) is 10.7. The zero-order valence-electron chi connectivity index (χ0n) is 10.7. The van der Waals surface area contributed by atoms with Crippen LogP contribution in [0, 0.1) is 17.0 Å². The molecule has 0 heterocycles. The van der Waals surface area contributed by atoms with Gasteiger partial charge in [-0.3, -0.25) is 14.9 Å². The molecule has 20 heavy (non-hydrogen) atoms. The van der Waals surface area contributed by atoms with Crippen LogP contribution in [0.4, 0.5) is 11.4 Å². The summed E-state index contributed by atoms with van der Waals surface area (Å²) >= 11 is 0. The number of anilines is 1. The van der Waals surface area contributed by atoms with Crippen molar-refractivity contribution in [3.05, 3.63) is 63.7 Å². The summed E-state index contributed by atoms with van der Waals surface area (Å²) in [6.07, 6.45) is 0. The molecule has 6 heteroatoms. The summed E-state index contributed by atoms with van der Waals surface area (Å²) in [5, 5.41) is 22.7. The molecule has 0 bridgehead atoms. The molecular formula is C14H12N2O4. The van der Waals surface area contributed by atoms with Gasteiger partial charge in [-0.1, -0.05) is 12.1 Å². The number of carbonyl (C=O) groups excluding carboxylic acids is 1. The number of nitro groups is 1. The maximum Gasteiger partial charge on any atom is 0.282 e. The standard InChI is InChI=1S/C14H12N2O4/c1-9-3-2-4-12(16(19)20)13(9)14(18)15-10-5-7-11(17)8-6-10/h2-8,17H,1H3,(H,15,18). The lowest BCUT2D eigenvalue weighted by Gasteiger charge is -2.08. The lowest BCUT2D eigenvalue weighted by Crippen LogP contribution is -2.15. The van der Waals surface area contributed by atoms with Crippen LogP contribution in [0.25, 0.3) is 0 Å². The number of nitrogens with zero attached hydrogens (tertiary/aromatic N) is 1. The van der Waals surface area contributed by atoms with Crippen molar-refractivity contribution >= 4 is 17.3 Å². The number of benzene rings is 2. The minimum atomic E-state index is -0.585. The van der Waals surface area contributed by atoms with Gasteiger partial charge in [0, 0.05) is 11.8 Å². The quantitative estimate of drug-likeness (QED) is 0.510. The van der Waals surface area contributed by atoms with Gasteiger partial charge in [-0.2, -0.15) is 0 Å². The van der Waals surface area contributed by atoms with Crippen molar-refractivity contribution in [1.82, 2.24) is 0 Å². The van der Waals surface area contributed by atoms with Crippen molar-refractivity contribution in [2.24, 2.45) is 0 Å². The van der Waals surface area contributed by atoms with E-state index in [0.717, 1.165) is 0 Å². The predicted molar refractivity (Wildman–Crippen MR) is 73.9 cm³/mol. The Morgan fingerprint density at radius 2 is 1.85 bits per heavy atom. The van der Waals surface area contributed by atoms with Gasteiger partial charge in [0.2, 0.25) is 0 Å². The Balaban J connectivity index is 2.34. The van der Waals surface area contributed by atoms with Gasteiger partial charge in [-0.25, -0.2) is 0 Å². The first-order chi connectivity index (χ1) is 9.49. The molecule has 0 spiro atoms. The average molecular weight is 272 g/mol. The van der Waals surface area contributed by atoms with E-state index in [2.05, 4.69) is 5.32 Å². The summed E-state index contributed by atoms with van der Waals surface area (Å²) in [6, 6.07) is 10.3. The third-order valence-electron chi connectivity index (χ3n) is 2.80. The molecule has 2 aromatic carbocycles. The molecule has 0 aliphatic rings. The van der Waals surface area contributed by atoms with E-state index in [-0.39, 0.29) is 17.0 Å². The Morgan fingerprint density at radius 3 is 2.45 bits per heavy atom. The lowest BCUT2D eigenvalue weighted by atomic mass is 10.1. The number of carbonyl (C=O) groups is 1. The molecule has 102 valence electrons. The topological polar surface area (TPSA) is 92.5 Å². The first-order valence-electron chi connectivity index (χ1n) is 5.83. The van der Waals surface area contributed by atoms with Crippen LogP contribution in [-0.2, 0) is 0 Å². The minimum Gasteiger partial charge on any atom is -0.508 e. The molecule has 0 unspecified atom stereocenters. The molecule has 2 rings (SSSR count). The number of nitro benzene ring substituents is 1. The van der Waals surface area contributed by atoms with Crippen molar-refractivity contribution in [3.63, 3.8) is 0 Å². The summed E-state index contributed by atoms with van der Waals surface area (Å²) in [7, 11) is 0. The third-order valence-corrected chi connectivity index (χ3v) is 2.80. The summed E-state index contributed by atoms with van der Waals surface area (Å²) < 4.78 is 0. The molecule has 6 nitrogen and oxygen atoms in total. The number of aromatic hydroxyl groups is 1. The van der Waals surface area contributed by atoms with Gasteiger partial charge in [0.05, 0.1) is 4.92 Å². The van der Waals surface area contributed by atoms with Crippen LogP contribution < -0.4 is 5.32 Å². The van der Waals surface area contributed by atoms with Crippen molar-refractivity contribution in [1.29, 1.82) is 0 Å². The molecule has 0 aliphatic heterocycles. The van der Waals surface area contributed by atoms with E-state index in [0.29, 0.717) is 11.3 Å². The van der Waals surface area contributed by atoms with Crippen LogP contribution in [0.5, 0.6) is 5.75 Å². The van der Waals surface area contributed by atoms with Crippen molar-refractivity contribution in [2.75, 3.05) is 5.32 Å². The van der Waals surface area contributed by atoms with Crippen LogP contribution in [-0.4, -0.2) is 15.9 Å². The number of phenolic OH excluding ortho intramolecular Hbond substituents is 1. The number of nitrogens with one attached hydrogen (secondary N) is 1. The first-order valence-corrected chi connectivity index (χ1v) is 5.83. The van der Waals surface area contributed by atoms with Crippen LogP contribution in [0.1, 0.15) is 15.9 Å². The van der Waals surface area contributed by atoms with Gasteiger partial charge < -0.3 is 10.4 Å². The summed E-state index contributed by atoms with van der Waals surface area (Å²) in [4.78, 5) is 22.6. The van der Waals surface area contributed by atoms with Gasteiger partial charge in [-0.15, -0.1) is 0 Å². The van der Waals surface area contributed by atoms with E-state index in [1.807, 2.05) is 0 Å². The number of aryl methyl sites for hydroxylation is 1. The van der Waals surface area contributed by atoms with Gasteiger partial charge in [0.1, 0.15) is 11.3 Å². The Morgan fingerprint density at radius 1 is 1.20 bits per heavy atom. The van der Waals surface area contributed by atoms with Crippen LogP contribution in [0.3, 0.4) is 0 Å². The second-order valence-electron chi connectivity index (χ2n) is 4.23. The molecule has 2 N–H and O–H groups in total. The zero-order chi connectivity index (χ0) is 14.7. The fraction of sp³-hybridized carbons (Fsp3) is 0.0714. The van der Waals surface area contributed by atoms with Crippen LogP contribution in [0.2, 0.25) is 0 Å². The van der Waals surface area contributed by atoms with E-state index in [1.165, 1.54) is 36.4 Å². The molecule has 0 fully saturated rings. The SMILES string of the molecule is Cc1cccc([N+](=O)[O-])c1C(=O)Nc1ccc(O)cc1. The number of hydrogen-bond donors (Lipinski definition) is 2. The summed E-state index contributed by atoms with van der Waals surface area (Å²) in [5.74, 6) is -0.481. The maximum atomic E-state index is 12.2. The van der Waals surface area contributed by atoms with E-state index in [4.69, 9.17) is 5.11 Å². The second-order valence-corrected chi connectivity index (χ2v) is 4.23. The highest BCUT2D eigenvalue weighted by Crippen LogP contribution is 2.23. The van der Waals surface area contributed by atoms with Gasteiger partial charge in [-0.05, 0) is 36.8 Å². The molecular weight excluding hydrogens is 260 g/mol. The Labute approximate surface area is 114 Å². The summed E-state index contributed by atoms with van der Waals surface area (Å²) in [6.45, 7) is 1.64. The minimum absolute atomic E-state index is 0.0329. The highest BCUT2D eigenvalue weighted by Gasteiger charge is 2.22. The van der Waals surface area contributed by atoms with E-state index < -0.39 is 10.8 Å². The third kappa shape index (κ3) is 2.74. The van der Waals surface area contributed by atoms with E-state index in [1.54, 1.807) is 13.0 Å². The van der Waals surface area contributed by atoms with E-state index in [9.17, 15) is 14.9 Å². The predicted octanol–water partition coefficient (Wildman–Crippen LogP) is 2.86. The Hall–Kier alpha value is -2.89. The Kier molecular flexibility index (Phi) is 3.65. The molecule has 0 radical (unpaired) electrons. The average Bonchev–Trinajstić information content (AvgIpc) is 2.40. The molecule has 2 aromatic rings. The normalized spacial score (nSPS) is 10.1. The smallest absolute Gasteiger partial charge is 0.282 e. The van der Waals surface area contributed by atoms with Gasteiger partial charge in [0.25, 0.3) is 11.6 Å². The van der Waals surface area contributed by atoms with E-state index >= 15 is 0 Å². The van der Waals surface area contributed by atoms with Crippen molar-refractivity contribution in [2.45, 2.75) is 6.92 Å². The molecule has 0 atom stereocenters. The maximum absolute atomic E-state index is 12.2. The van der Waals surface area contributed by atoms with Crippen LogP contribution >= 0.6 is 0 Å². The number of phenols is 1.